The number of nitrogens with zero attached hydrogens (tertiary/aromatic N) is 1. The Bertz CT molecular complexity index is 746. The van der Waals surface area contributed by atoms with Gasteiger partial charge in [0, 0.05) is 0 Å². The highest BCUT2D eigenvalue weighted by Gasteiger charge is 2.50. The summed E-state index contributed by atoms with van der Waals surface area (Å²) in [6.07, 6.45) is -1.14. The first-order valence-corrected chi connectivity index (χ1v) is 9.08. The maximum atomic E-state index is 14.3. The van der Waals surface area contributed by atoms with Gasteiger partial charge in [-0.05, 0) is 59.2 Å². The highest BCUT2D eigenvalue weighted by molar-refractivity contribution is 5.73. The predicted octanol–water partition coefficient (Wildman–Crippen LogP) is 3.81. The van der Waals surface area contributed by atoms with Crippen LogP contribution in [0.2, 0.25) is 0 Å². The summed E-state index contributed by atoms with van der Waals surface area (Å²) in [7, 11) is 1.38. The second kappa shape index (κ2) is 7.48. The number of carbonyl (C=O) groups is 2. The third-order valence-corrected chi connectivity index (χ3v) is 4.02. The fraction of sp³-hybridized carbons (Fsp3) is 0.600. The van der Waals surface area contributed by atoms with E-state index in [2.05, 4.69) is 5.32 Å². The summed E-state index contributed by atoms with van der Waals surface area (Å²) in [5.41, 5.74) is -1.80. The van der Waals surface area contributed by atoms with Gasteiger partial charge in [0.15, 0.2) is 11.6 Å². The first kappa shape index (κ1) is 21.8. The Morgan fingerprint density at radius 3 is 2.11 bits per heavy atom. The van der Waals surface area contributed by atoms with Crippen molar-refractivity contribution < 1.29 is 28.2 Å². The zero-order valence-corrected chi connectivity index (χ0v) is 17.5. The van der Waals surface area contributed by atoms with Crippen molar-refractivity contribution in [1.82, 2.24) is 10.2 Å². The molecule has 0 aromatic heterocycles. The van der Waals surface area contributed by atoms with Gasteiger partial charge >= 0.3 is 12.2 Å². The minimum atomic E-state index is -0.980. The van der Waals surface area contributed by atoms with Crippen LogP contribution in [0.1, 0.15) is 47.1 Å². The molecule has 0 aliphatic carbocycles. The van der Waals surface area contributed by atoms with Crippen molar-refractivity contribution in [1.29, 1.82) is 0 Å². The van der Waals surface area contributed by atoms with Gasteiger partial charge in [-0.1, -0.05) is 6.07 Å². The number of methoxy groups -OCH3 is 1. The van der Waals surface area contributed by atoms with Crippen LogP contribution in [-0.2, 0) is 15.0 Å². The number of hydrogen-bond acceptors (Lipinski definition) is 5. The van der Waals surface area contributed by atoms with Crippen molar-refractivity contribution in [2.24, 2.45) is 0 Å². The number of carbonyl (C=O) groups excluding carboxylic acids is 2. The van der Waals surface area contributed by atoms with Crippen LogP contribution in [0.5, 0.6) is 5.75 Å². The normalized spacial score (nSPS) is 16.1. The van der Waals surface area contributed by atoms with Gasteiger partial charge in [-0.25, -0.2) is 14.0 Å². The molecular weight excluding hydrogens is 367 g/mol. The Hall–Kier alpha value is -2.51. The molecule has 1 heterocycles. The van der Waals surface area contributed by atoms with Crippen molar-refractivity contribution in [2.45, 2.75) is 58.3 Å². The van der Waals surface area contributed by atoms with Crippen LogP contribution < -0.4 is 10.1 Å². The SMILES string of the molecule is COc1ccc(C2(NC(=O)OC(C)(C)C)CN(C(=O)OC(C)(C)C)C2)cc1F. The van der Waals surface area contributed by atoms with Crippen LogP contribution in [0.4, 0.5) is 14.0 Å². The number of ether oxygens (including phenoxy) is 3. The molecule has 0 atom stereocenters. The number of amides is 2. The topological polar surface area (TPSA) is 77.1 Å². The lowest BCUT2D eigenvalue weighted by Crippen LogP contribution is -2.69. The van der Waals surface area contributed by atoms with Crippen LogP contribution in [0.25, 0.3) is 0 Å². The summed E-state index contributed by atoms with van der Waals surface area (Å²) in [5.74, 6) is -0.458. The van der Waals surface area contributed by atoms with Gasteiger partial charge in [-0.3, -0.25) is 0 Å². The first-order valence-electron chi connectivity index (χ1n) is 9.08. The quantitative estimate of drug-likeness (QED) is 0.841. The lowest BCUT2D eigenvalue weighted by molar-refractivity contribution is -0.0230. The molecule has 0 unspecified atom stereocenters. The van der Waals surface area contributed by atoms with E-state index in [1.165, 1.54) is 24.1 Å². The van der Waals surface area contributed by atoms with E-state index < -0.39 is 34.7 Å². The number of likely N-dealkylation sites (tertiary alicyclic amines) is 1. The number of benzene rings is 1. The third-order valence-electron chi connectivity index (χ3n) is 4.02. The zero-order valence-electron chi connectivity index (χ0n) is 17.5. The van der Waals surface area contributed by atoms with Gasteiger partial charge in [0.25, 0.3) is 0 Å². The lowest BCUT2D eigenvalue weighted by Gasteiger charge is -2.50. The Labute approximate surface area is 165 Å². The lowest BCUT2D eigenvalue weighted by atomic mass is 9.82. The summed E-state index contributed by atoms with van der Waals surface area (Å²) in [6, 6.07) is 4.44. The second-order valence-electron chi connectivity index (χ2n) is 8.89. The largest absolute Gasteiger partial charge is 0.494 e. The number of rotatable bonds is 3. The molecular formula is C20H29FN2O5. The molecule has 1 aliphatic heterocycles. The smallest absolute Gasteiger partial charge is 0.410 e. The van der Waals surface area contributed by atoms with E-state index in [4.69, 9.17) is 14.2 Å². The average molecular weight is 396 g/mol. The fourth-order valence-corrected chi connectivity index (χ4v) is 2.86. The maximum Gasteiger partial charge on any atom is 0.410 e. The number of nitrogens with one attached hydrogen (secondary N) is 1. The third kappa shape index (κ3) is 5.27. The van der Waals surface area contributed by atoms with Gasteiger partial charge in [0.05, 0.1) is 20.2 Å². The molecule has 1 aliphatic rings. The molecule has 7 nitrogen and oxygen atoms in total. The first-order chi connectivity index (χ1) is 12.7. The van der Waals surface area contributed by atoms with E-state index in [1.54, 1.807) is 47.6 Å². The molecule has 0 saturated carbocycles. The predicted molar refractivity (Wildman–Crippen MR) is 102 cm³/mol. The van der Waals surface area contributed by atoms with Crippen molar-refractivity contribution in [3.05, 3.63) is 29.6 Å². The molecule has 1 saturated heterocycles. The van der Waals surface area contributed by atoms with Gasteiger partial charge in [0.1, 0.15) is 16.7 Å². The Balaban J connectivity index is 2.25. The summed E-state index contributed by atoms with van der Waals surface area (Å²) >= 11 is 0. The molecule has 0 bridgehead atoms. The van der Waals surface area contributed by atoms with Gasteiger partial charge in [0.2, 0.25) is 0 Å². The highest BCUT2D eigenvalue weighted by Crippen LogP contribution is 2.35. The molecule has 0 spiro atoms. The summed E-state index contributed by atoms with van der Waals surface area (Å²) < 4.78 is 29.9. The van der Waals surface area contributed by atoms with E-state index in [1.807, 2.05) is 0 Å². The van der Waals surface area contributed by atoms with Gasteiger partial charge < -0.3 is 24.4 Å². The Morgan fingerprint density at radius 2 is 1.64 bits per heavy atom. The van der Waals surface area contributed by atoms with Crippen LogP contribution in [-0.4, -0.2) is 48.5 Å². The molecule has 1 N–H and O–H groups in total. The summed E-state index contributed by atoms with van der Waals surface area (Å²) in [6.45, 7) is 10.8. The van der Waals surface area contributed by atoms with Crippen molar-refractivity contribution in [3.63, 3.8) is 0 Å². The number of alkyl carbamates (subject to hydrolysis) is 1. The molecule has 2 rings (SSSR count). The van der Waals surface area contributed by atoms with Crippen LogP contribution in [0.3, 0.4) is 0 Å². The van der Waals surface area contributed by atoms with Gasteiger partial charge in [-0.15, -0.1) is 0 Å². The van der Waals surface area contributed by atoms with Crippen molar-refractivity contribution in [2.75, 3.05) is 20.2 Å². The molecule has 1 fully saturated rings. The second-order valence-corrected chi connectivity index (χ2v) is 8.89. The van der Waals surface area contributed by atoms with Crippen LogP contribution >= 0.6 is 0 Å². The molecule has 8 heteroatoms. The number of halogens is 1. The monoisotopic (exact) mass is 396 g/mol. The van der Waals surface area contributed by atoms with Crippen LogP contribution in [0.15, 0.2) is 18.2 Å². The van der Waals surface area contributed by atoms with E-state index >= 15 is 0 Å². The molecule has 0 radical (unpaired) electrons. The fourth-order valence-electron chi connectivity index (χ4n) is 2.86. The van der Waals surface area contributed by atoms with Gasteiger partial charge in [-0.2, -0.15) is 0 Å². The molecule has 1 aromatic rings. The van der Waals surface area contributed by atoms with E-state index in [9.17, 15) is 14.0 Å². The Kier molecular flexibility index (Phi) is 5.82. The molecule has 156 valence electrons. The standard InChI is InChI=1S/C20H29FN2O5/c1-18(2,3)27-16(24)22-20(13-8-9-15(26-7)14(21)10-13)11-23(12-20)17(25)28-19(4,5)6/h8-10H,11-12H2,1-7H3,(H,22,24). The minimum absolute atomic E-state index is 0.0967. The summed E-state index contributed by atoms with van der Waals surface area (Å²) in [4.78, 5) is 26.1. The van der Waals surface area contributed by atoms with E-state index in [-0.39, 0.29) is 18.8 Å². The van der Waals surface area contributed by atoms with E-state index in [0.29, 0.717) is 5.56 Å². The zero-order chi connectivity index (χ0) is 21.3. The number of hydrogen-bond donors (Lipinski definition) is 1. The van der Waals surface area contributed by atoms with E-state index in [0.717, 1.165) is 0 Å². The Morgan fingerprint density at radius 1 is 1.07 bits per heavy atom. The highest BCUT2D eigenvalue weighted by atomic mass is 19.1. The molecule has 28 heavy (non-hydrogen) atoms. The van der Waals surface area contributed by atoms with Crippen molar-refractivity contribution >= 4 is 12.2 Å². The van der Waals surface area contributed by atoms with Crippen LogP contribution in [0, 0.1) is 5.82 Å². The molecule has 2 amide bonds. The van der Waals surface area contributed by atoms with Crippen molar-refractivity contribution in [3.8, 4) is 5.75 Å². The molecule has 1 aromatic carbocycles. The minimum Gasteiger partial charge on any atom is -0.494 e. The average Bonchev–Trinajstić information content (AvgIpc) is 2.46. The summed E-state index contributed by atoms with van der Waals surface area (Å²) in [5, 5.41) is 2.80. The maximum absolute atomic E-state index is 14.3.